The number of hydrogen-bond acceptors (Lipinski definition) is 5. The maximum atomic E-state index is 13.4. The fraction of sp³-hybridized carbons (Fsp3) is 0. The molecule has 2 aromatic heterocycles. The monoisotopic (exact) mass is 382 g/mol. The molecule has 9 heteroatoms. The number of halogens is 1. The largest absolute Gasteiger partial charge is 0.320 e. The Kier molecular flexibility index (Phi) is 4.13. The third-order valence-electron chi connectivity index (χ3n) is 3.91. The van der Waals surface area contributed by atoms with E-state index in [9.17, 15) is 19.3 Å². The van der Waals surface area contributed by atoms with Crippen molar-refractivity contribution in [2.24, 2.45) is 0 Å². The molecule has 0 saturated heterocycles. The molecule has 1 amide bonds. The van der Waals surface area contributed by atoms with Crippen LogP contribution in [0.25, 0.3) is 16.2 Å². The molecule has 4 aromatic rings. The van der Waals surface area contributed by atoms with Crippen LogP contribution in [0.2, 0.25) is 0 Å². The molecule has 0 atom stereocenters. The number of hydrogen-bond donors (Lipinski definition) is 1. The number of carbonyl (C=O) groups is 1. The molecule has 0 fully saturated rings. The number of imidazole rings is 1. The van der Waals surface area contributed by atoms with Gasteiger partial charge in [0, 0.05) is 28.9 Å². The van der Waals surface area contributed by atoms with Crippen LogP contribution in [0.15, 0.2) is 60.1 Å². The molecule has 1 N–H and O–H groups in total. The van der Waals surface area contributed by atoms with E-state index in [1.54, 1.807) is 16.0 Å². The smallest absolute Gasteiger partial charge is 0.306 e. The molecule has 0 aliphatic carbocycles. The molecule has 0 aliphatic rings. The highest BCUT2D eigenvalue weighted by Crippen LogP contribution is 2.25. The number of rotatable bonds is 4. The van der Waals surface area contributed by atoms with Gasteiger partial charge in [0.2, 0.25) is 5.82 Å². The van der Waals surface area contributed by atoms with E-state index in [2.05, 4.69) is 10.3 Å². The number of nitrogens with one attached hydrogen (secondary N) is 1. The lowest BCUT2D eigenvalue weighted by molar-refractivity contribution is -0.387. The Hall–Kier alpha value is -3.59. The van der Waals surface area contributed by atoms with E-state index >= 15 is 0 Å². The first-order valence-electron chi connectivity index (χ1n) is 7.80. The third kappa shape index (κ3) is 3.15. The Morgan fingerprint density at radius 2 is 2.00 bits per heavy atom. The number of nitro benzene ring substituents is 1. The molecule has 0 saturated carbocycles. The van der Waals surface area contributed by atoms with E-state index in [1.165, 1.54) is 17.4 Å². The summed E-state index contributed by atoms with van der Waals surface area (Å²) in [7, 11) is 0. The van der Waals surface area contributed by atoms with E-state index in [1.807, 2.05) is 30.3 Å². The van der Waals surface area contributed by atoms with E-state index in [0.29, 0.717) is 10.7 Å². The first-order valence-corrected chi connectivity index (χ1v) is 8.68. The van der Waals surface area contributed by atoms with Crippen molar-refractivity contribution in [3.8, 4) is 11.3 Å². The summed E-state index contributed by atoms with van der Waals surface area (Å²) in [5.41, 5.74) is 1.42. The van der Waals surface area contributed by atoms with Crippen molar-refractivity contribution in [1.29, 1.82) is 0 Å². The van der Waals surface area contributed by atoms with Gasteiger partial charge in [-0.15, -0.1) is 11.3 Å². The van der Waals surface area contributed by atoms with Gasteiger partial charge in [-0.2, -0.15) is 4.39 Å². The van der Waals surface area contributed by atoms with E-state index < -0.39 is 22.3 Å². The second-order valence-electron chi connectivity index (χ2n) is 5.64. The number of nitro groups is 1. The Balaban J connectivity index is 1.64. The molecule has 27 heavy (non-hydrogen) atoms. The van der Waals surface area contributed by atoms with Gasteiger partial charge in [0.25, 0.3) is 5.91 Å². The molecule has 0 spiro atoms. The average Bonchev–Trinajstić information content (AvgIpc) is 3.24. The van der Waals surface area contributed by atoms with Gasteiger partial charge in [-0.05, 0) is 12.1 Å². The van der Waals surface area contributed by atoms with E-state index in [0.717, 1.165) is 23.4 Å². The Morgan fingerprint density at radius 3 is 2.74 bits per heavy atom. The summed E-state index contributed by atoms with van der Waals surface area (Å²) in [5, 5.41) is 15.0. The summed E-state index contributed by atoms with van der Waals surface area (Å²) in [6.07, 6.45) is 1.75. The zero-order valence-electron chi connectivity index (χ0n) is 13.6. The Morgan fingerprint density at radius 1 is 1.22 bits per heavy atom. The SMILES string of the molecule is O=C(Nc1ccc(F)c([N+](=O)[O-])c1)c1csc2nc(-c3ccccc3)cn12. The Bertz CT molecular complexity index is 1170. The normalized spacial score (nSPS) is 10.9. The molecule has 134 valence electrons. The molecule has 0 bridgehead atoms. The summed E-state index contributed by atoms with van der Waals surface area (Å²) in [6.45, 7) is 0. The first kappa shape index (κ1) is 16.9. The van der Waals surface area contributed by atoms with Crippen molar-refractivity contribution in [3.05, 3.63) is 81.7 Å². The number of thiazole rings is 1. The van der Waals surface area contributed by atoms with Crippen LogP contribution in [-0.2, 0) is 0 Å². The van der Waals surface area contributed by atoms with Crippen LogP contribution in [0, 0.1) is 15.9 Å². The van der Waals surface area contributed by atoms with Gasteiger partial charge in [0.15, 0.2) is 4.96 Å². The fourth-order valence-electron chi connectivity index (χ4n) is 2.62. The van der Waals surface area contributed by atoms with Gasteiger partial charge in [0.1, 0.15) is 5.69 Å². The van der Waals surface area contributed by atoms with E-state index in [4.69, 9.17) is 0 Å². The minimum atomic E-state index is -0.960. The van der Waals surface area contributed by atoms with Crippen LogP contribution in [0.1, 0.15) is 10.5 Å². The molecule has 2 heterocycles. The predicted octanol–water partition coefficient (Wildman–Crippen LogP) is 4.36. The highest BCUT2D eigenvalue weighted by molar-refractivity contribution is 7.15. The number of benzene rings is 2. The van der Waals surface area contributed by atoms with Gasteiger partial charge in [-0.25, -0.2) is 4.98 Å². The number of anilines is 1. The zero-order chi connectivity index (χ0) is 19.0. The van der Waals surface area contributed by atoms with Crippen molar-refractivity contribution >= 4 is 33.6 Å². The lowest BCUT2D eigenvalue weighted by Gasteiger charge is -2.04. The molecule has 2 aromatic carbocycles. The van der Waals surface area contributed by atoms with Crippen LogP contribution in [0.4, 0.5) is 15.8 Å². The quantitative estimate of drug-likeness (QED) is 0.419. The highest BCUT2D eigenvalue weighted by atomic mass is 32.1. The number of aromatic nitrogens is 2. The molecule has 0 unspecified atom stereocenters. The van der Waals surface area contributed by atoms with Crippen molar-refractivity contribution in [2.75, 3.05) is 5.32 Å². The predicted molar refractivity (Wildman–Crippen MR) is 99.5 cm³/mol. The summed E-state index contributed by atoms with van der Waals surface area (Å²) in [5.74, 6) is -1.43. The standard InChI is InChI=1S/C18H11FN4O3S/c19-13-7-6-12(8-15(13)23(25)26)20-17(24)16-10-27-18-21-14(9-22(16)18)11-4-2-1-3-5-11/h1-10H,(H,20,24). The van der Waals surface area contributed by atoms with Crippen LogP contribution >= 0.6 is 11.3 Å². The van der Waals surface area contributed by atoms with E-state index in [-0.39, 0.29) is 5.69 Å². The van der Waals surface area contributed by atoms with Crippen molar-refractivity contribution in [1.82, 2.24) is 9.38 Å². The molecule has 4 rings (SSSR count). The summed E-state index contributed by atoms with van der Waals surface area (Å²) >= 11 is 1.30. The number of fused-ring (bicyclic) bond motifs is 1. The summed E-state index contributed by atoms with van der Waals surface area (Å²) < 4.78 is 15.1. The van der Waals surface area contributed by atoms with Gasteiger partial charge in [-0.1, -0.05) is 30.3 Å². The van der Waals surface area contributed by atoms with Crippen LogP contribution in [0.5, 0.6) is 0 Å². The zero-order valence-corrected chi connectivity index (χ0v) is 14.4. The lowest BCUT2D eigenvalue weighted by atomic mass is 10.2. The molecular weight excluding hydrogens is 371 g/mol. The van der Waals surface area contributed by atoms with Gasteiger partial charge in [-0.3, -0.25) is 19.3 Å². The van der Waals surface area contributed by atoms with Crippen LogP contribution < -0.4 is 5.32 Å². The van der Waals surface area contributed by atoms with Gasteiger partial charge >= 0.3 is 5.69 Å². The van der Waals surface area contributed by atoms with Gasteiger partial charge in [0.05, 0.1) is 10.6 Å². The van der Waals surface area contributed by atoms with Crippen molar-refractivity contribution in [2.45, 2.75) is 0 Å². The second-order valence-corrected chi connectivity index (χ2v) is 6.48. The Labute approximate surface area is 155 Å². The van der Waals surface area contributed by atoms with Gasteiger partial charge < -0.3 is 5.32 Å². The van der Waals surface area contributed by atoms with Crippen LogP contribution in [0.3, 0.4) is 0 Å². The average molecular weight is 382 g/mol. The fourth-order valence-corrected chi connectivity index (χ4v) is 3.47. The first-order chi connectivity index (χ1) is 13.0. The summed E-state index contributed by atoms with van der Waals surface area (Å²) in [4.78, 5) is 27.7. The topological polar surface area (TPSA) is 89.5 Å². The number of nitrogens with zero attached hydrogens (tertiary/aromatic N) is 3. The third-order valence-corrected chi connectivity index (χ3v) is 4.75. The maximum absolute atomic E-state index is 13.4. The minimum Gasteiger partial charge on any atom is -0.320 e. The maximum Gasteiger partial charge on any atom is 0.306 e. The second kappa shape index (κ2) is 6.61. The highest BCUT2D eigenvalue weighted by Gasteiger charge is 2.18. The molecule has 0 radical (unpaired) electrons. The molecular formula is C18H11FN4O3S. The molecule has 0 aliphatic heterocycles. The minimum absolute atomic E-state index is 0.135. The van der Waals surface area contributed by atoms with Crippen molar-refractivity contribution in [3.63, 3.8) is 0 Å². The summed E-state index contributed by atoms with van der Waals surface area (Å²) in [6, 6.07) is 12.8. The van der Waals surface area contributed by atoms with Crippen LogP contribution in [-0.4, -0.2) is 20.2 Å². The lowest BCUT2D eigenvalue weighted by Crippen LogP contribution is -2.14. The molecule has 7 nitrogen and oxygen atoms in total. The van der Waals surface area contributed by atoms with Crippen molar-refractivity contribution < 1.29 is 14.1 Å². The number of carbonyl (C=O) groups excluding carboxylic acids is 1. The number of amides is 1.